The second-order valence-electron chi connectivity index (χ2n) is 11.8. The average molecular weight is 571 g/mol. The molecule has 0 unspecified atom stereocenters. The largest absolute Gasteiger partial charge is 0.416 e. The Morgan fingerprint density at radius 3 is 2.41 bits per heavy atom. The van der Waals surface area contributed by atoms with Crippen molar-refractivity contribution in [2.45, 2.75) is 69.6 Å². The standard InChI is InChI=1S/C31H37F3N4O3/c1-30(2)24-11-5-6-12-26(24)38(29(30)41)22-13-16-37(17-14-22)28(40)25(36-27(39)21-9-7-15-35-19-21)18-20-8-3-4-10-23(20)31(32,33)34/h3-6,8,10-12,21-22,25,35H,7,9,13-19H2,1-2H3,(H,36,39)/t21-,25+/m0/s1. The molecule has 0 aromatic heterocycles. The molecule has 0 spiro atoms. The van der Waals surface area contributed by atoms with Crippen molar-refractivity contribution in [1.29, 1.82) is 0 Å². The van der Waals surface area contributed by atoms with Crippen molar-refractivity contribution in [3.63, 3.8) is 0 Å². The highest BCUT2D eigenvalue weighted by Gasteiger charge is 2.47. The lowest BCUT2D eigenvalue weighted by molar-refractivity contribution is -0.140. The summed E-state index contributed by atoms with van der Waals surface area (Å²) in [6.45, 7) is 5.80. The van der Waals surface area contributed by atoms with Crippen LogP contribution in [0.2, 0.25) is 0 Å². The normalized spacial score (nSPS) is 21.9. The van der Waals surface area contributed by atoms with E-state index in [9.17, 15) is 27.6 Å². The summed E-state index contributed by atoms with van der Waals surface area (Å²) in [5, 5.41) is 5.98. The van der Waals surface area contributed by atoms with Gasteiger partial charge in [-0.1, -0.05) is 36.4 Å². The molecular formula is C31H37F3N4O3. The number of carbonyl (C=O) groups excluding carboxylic acids is 3. The van der Waals surface area contributed by atoms with Crippen molar-refractivity contribution in [3.8, 4) is 0 Å². The Morgan fingerprint density at radius 1 is 1.05 bits per heavy atom. The first-order valence-electron chi connectivity index (χ1n) is 14.4. The third-order valence-electron chi connectivity index (χ3n) is 8.76. The average Bonchev–Trinajstić information content (AvgIpc) is 3.17. The molecule has 0 radical (unpaired) electrons. The Bertz CT molecular complexity index is 1300. The number of benzene rings is 2. The topological polar surface area (TPSA) is 81.8 Å². The lowest BCUT2D eigenvalue weighted by Crippen LogP contribution is -2.56. The third kappa shape index (κ3) is 5.84. The second kappa shape index (κ2) is 11.5. The van der Waals surface area contributed by atoms with Gasteiger partial charge < -0.3 is 20.4 Å². The summed E-state index contributed by atoms with van der Waals surface area (Å²) in [6, 6.07) is 11.7. The van der Waals surface area contributed by atoms with Crippen molar-refractivity contribution >= 4 is 23.4 Å². The highest BCUT2D eigenvalue weighted by Crippen LogP contribution is 2.43. The van der Waals surface area contributed by atoms with Gasteiger partial charge in [0.15, 0.2) is 0 Å². The zero-order valence-electron chi connectivity index (χ0n) is 23.5. The number of anilines is 1. The number of piperidine rings is 2. The molecule has 2 atom stereocenters. The molecule has 3 aliphatic rings. The maximum atomic E-state index is 13.8. The quantitative estimate of drug-likeness (QED) is 0.549. The third-order valence-corrected chi connectivity index (χ3v) is 8.76. The Balaban J connectivity index is 1.33. The molecule has 0 bridgehead atoms. The molecule has 3 amide bonds. The van der Waals surface area contributed by atoms with Crippen LogP contribution in [-0.2, 0) is 32.4 Å². The van der Waals surface area contributed by atoms with E-state index in [0.29, 0.717) is 38.9 Å². The van der Waals surface area contributed by atoms with E-state index >= 15 is 0 Å². The second-order valence-corrected chi connectivity index (χ2v) is 11.8. The monoisotopic (exact) mass is 570 g/mol. The first kappa shape index (κ1) is 29.1. The van der Waals surface area contributed by atoms with Crippen LogP contribution in [0.4, 0.5) is 18.9 Å². The number of hydrogen-bond acceptors (Lipinski definition) is 4. The van der Waals surface area contributed by atoms with Gasteiger partial charge in [0.1, 0.15) is 6.04 Å². The molecule has 3 heterocycles. The number of hydrogen-bond donors (Lipinski definition) is 2. The van der Waals surface area contributed by atoms with Gasteiger partial charge in [-0.05, 0) is 69.3 Å². The summed E-state index contributed by atoms with van der Waals surface area (Å²) in [4.78, 5) is 43.8. The highest BCUT2D eigenvalue weighted by molar-refractivity contribution is 6.08. The van der Waals surface area contributed by atoms with Gasteiger partial charge >= 0.3 is 6.18 Å². The van der Waals surface area contributed by atoms with E-state index < -0.39 is 29.1 Å². The SMILES string of the molecule is CC1(C)C(=O)N(C2CCN(C(=O)[C@@H](Cc3ccccc3C(F)(F)F)NC(=O)[C@H]3CCCNC3)CC2)c2ccccc21. The van der Waals surface area contributed by atoms with Gasteiger partial charge in [0, 0.05) is 37.8 Å². The van der Waals surface area contributed by atoms with Crippen LogP contribution in [0.15, 0.2) is 48.5 Å². The Morgan fingerprint density at radius 2 is 1.73 bits per heavy atom. The van der Waals surface area contributed by atoms with Crippen molar-refractivity contribution in [2.75, 3.05) is 31.1 Å². The number of likely N-dealkylation sites (tertiary alicyclic amines) is 1. The lowest BCUT2D eigenvalue weighted by atomic mass is 9.86. The van der Waals surface area contributed by atoms with Gasteiger partial charge in [0.2, 0.25) is 17.7 Å². The minimum Gasteiger partial charge on any atom is -0.344 e. The number of carbonyl (C=O) groups is 3. The summed E-state index contributed by atoms with van der Waals surface area (Å²) in [5.41, 5.74) is 0.392. The predicted molar refractivity (Wildman–Crippen MR) is 149 cm³/mol. The van der Waals surface area contributed by atoms with E-state index in [0.717, 1.165) is 30.3 Å². The Labute approximate surface area is 238 Å². The first-order valence-corrected chi connectivity index (χ1v) is 14.4. The molecule has 2 saturated heterocycles. The predicted octanol–water partition coefficient (Wildman–Crippen LogP) is 4.05. The first-order chi connectivity index (χ1) is 19.5. The molecule has 2 N–H and O–H groups in total. The van der Waals surface area contributed by atoms with E-state index in [2.05, 4.69) is 10.6 Å². The van der Waals surface area contributed by atoms with Crippen molar-refractivity contribution in [2.24, 2.45) is 5.92 Å². The number of amides is 3. The fraction of sp³-hybridized carbons (Fsp3) is 0.516. The maximum absolute atomic E-state index is 13.8. The number of alkyl halides is 3. The summed E-state index contributed by atoms with van der Waals surface area (Å²) in [7, 11) is 0. The number of nitrogens with zero attached hydrogens (tertiary/aromatic N) is 2. The van der Waals surface area contributed by atoms with E-state index in [1.165, 1.54) is 18.2 Å². The van der Waals surface area contributed by atoms with Gasteiger partial charge in [-0.3, -0.25) is 14.4 Å². The van der Waals surface area contributed by atoms with Crippen LogP contribution in [0.25, 0.3) is 0 Å². The lowest BCUT2D eigenvalue weighted by Gasteiger charge is -2.39. The molecule has 2 aromatic carbocycles. The van der Waals surface area contributed by atoms with Gasteiger partial charge in [-0.2, -0.15) is 13.2 Å². The van der Waals surface area contributed by atoms with Crippen molar-refractivity contribution in [3.05, 3.63) is 65.2 Å². The van der Waals surface area contributed by atoms with Crippen LogP contribution in [-0.4, -0.2) is 60.9 Å². The fourth-order valence-corrected chi connectivity index (χ4v) is 6.43. The summed E-state index contributed by atoms with van der Waals surface area (Å²) in [5.74, 6) is -1.03. The van der Waals surface area contributed by atoms with Crippen LogP contribution < -0.4 is 15.5 Å². The van der Waals surface area contributed by atoms with Crippen LogP contribution >= 0.6 is 0 Å². The number of fused-ring (bicyclic) bond motifs is 1. The molecule has 3 aliphatic heterocycles. The van der Waals surface area contributed by atoms with Crippen LogP contribution in [0.5, 0.6) is 0 Å². The molecule has 2 aromatic rings. The van der Waals surface area contributed by atoms with E-state index in [4.69, 9.17) is 0 Å². The number of halogens is 3. The number of rotatable bonds is 6. The van der Waals surface area contributed by atoms with E-state index in [-0.39, 0.29) is 35.8 Å². The molecule has 41 heavy (non-hydrogen) atoms. The zero-order chi connectivity index (χ0) is 29.4. The van der Waals surface area contributed by atoms with Gasteiger partial charge in [-0.15, -0.1) is 0 Å². The molecule has 7 nitrogen and oxygen atoms in total. The summed E-state index contributed by atoms with van der Waals surface area (Å²) in [6.07, 6.45) is -2.29. The molecular weight excluding hydrogens is 533 g/mol. The fourth-order valence-electron chi connectivity index (χ4n) is 6.43. The van der Waals surface area contributed by atoms with E-state index in [1.807, 2.05) is 43.0 Å². The van der Waals surface area contributed by atoms with Gasteiger partial charge in [0.25, 0.3) is 0 Å². The summed E-state index contributed by atoms with van der Waals surface area (Å²) >= 11 is 0. The molecule has 0 saturated carbocycles. The molecule has 0 aliphatic carbocycles. The summed E-state index contributed by atoms with van der Waals surface area (Å²) < 4.78 is 41.3. The van der Waals surface area contributed by atoms with Gasteiger partial charge in [0.05, 0.1) is 16.9 Å². The van der Waals surface area contributed by atoms with Crippen LogP contribution in [0.1, 0.15) is 56.2 Å². The molecule has 220 valence electrons. The number of nitrogens with one attached hydrogen (secondary N) is 2. The minimum absolute atomic E-state index is 0.0264. The number of para-hydroxylation sites is 1. The zero-order valence-corrected chi connectivity index (χ0v) is 23.5. The van der Waals surface area contributed by atoms with Crippen LogP contribution in [0, 0.1) is 5.92 Å². The Hall–Kier alpha value is -3.40. The van der Waals surface area contributed by atoms with E-state index in [1.54, 1.807) is 4.90 Å². The van der Waals surface area contributed by atoms with Crippen molar-refractivity contribution < 1.29 is 27.6 Å². The smallest absolute Gasteiger partial charge is 0.344 e. The minimum atomic E-state index is -4.58. The molecule has 5 rings (SSSR count). The molecule has 10 heteroatoms. The van der Waals surface area contributed by atoms with Gasteiger partial charge in [-0.25, -0.2) is 0 Å². The van der Waals surface area contributed by atoms with Crippen LogP contribution in [0.3, 0.4) is 0 Å². The highest BCUT2D eigenvalue weighted by atomic mass is 19.4. The Kier molecular flexibility index (Phi) is 8.14. The van der Waals surface area contributed by atoms with Crippen molar-refractivity contribution in [1.82, 2.24) is 15.5 Å². The molecule has 2 fully saturated rings. The maximum Gasteiger partial charge on any atom is 0.416 e.